The molecule has 0 saturated heterocycles. The molecule has 0 aliphatic carbocycles. The normalized spacial score (nSPS) is 17.4. The predicted octanol–water partition coefficient (Wildman–Crippen LogP) is 12.6. The highest BCUT2D eigenvalue weighted by Crippen LogP contribution is 2.42. The fraction of sp³-hybridized carbons (Fsp3) is 0. The van der Waals surface area contributed by atoms with Gasteiger partial charge in [0.1, 0.15) is 0 Å². The van der Waals surface area contributed by atoms with E-state index in [1.54, 1.807) is 60.7 Å². The van der Waals surface area contributed by atoms with Crippen molar-refractivity contribution in [2.24, 2.45) is 0 Å². The van der Waals surface area contributed by atoms with Crippen LogP contribution in [0.4, 0.5) is 0 Å². The summed E-state index contributed by atoms with van der Waals surface area (Å²) in [6, 6.07) is 4.82. The number of fused-ring (bicyclic) bond motifs is 9. The average molecular weight is 670 g/mol. The quantitative estimate of drug-likeness (QED) is 0.177. The Labute approximate surface area is 322 Å². The zero-order valence-corrected chi connectivity index (χ0v) is 26.2. The van der Waals surface area contributed by atoms with Crippen molar-refractivity contribution < 1.29 is 27.4 Å². The molecule has 3 heteroatoms. The summed E-state index contributed by atoms with van der Waals surface area (Å²) in [5, 5.41) is -1.32. The van der Waals surface area contributed by atoms with Crippen molar-refractivity contribution >= 4 is 65.4 Å². The Kier molecular flexibility index (Phi) is 3.18. The van der Waals surface area contributed by atoms with E-state index in [4.69, 9.17) is 12.3 Å². The van der Waals surface area contributed by atoms with Gasteiger partial charge in [0.2, 0.25) is 0 Å². The van der Waals surface area contributed by atoms with Crippen molar-refractivity contribution in [3.05, 3.63) is 188 Å². The van der Waals surface area contributed by atoms with Crippen molar-refractivity contribution in [3.63, 3.8) is 0 Å². The van der Waals surface area contributed by atoms with Gasteiger partial charge in [-0.1, -0.05) is 109 Å². The first kappa shape index (κ1) is 15.0. The Hall–Kier alpha value is -6.84. The Morgan fingerprint density at radius 2 is 0.863 bits per heavy atom. The molecule has 0 unspecified atom stereocenters. The smallest absolute Gasteiger partial charge is 0.0652 e. The van der Waals surface area contributed by atoms with Crippen LogP contribution in [0.5, 0.6) is 0 Å². The summed E-state index contributed by atoms with van der Waals surface area (Å²) >= 11 is 0. The molecule has 0 bridgehead atoms. The molecule has 0 N–H and O–H groups in total. The molecule has 0 aliphatic heterocycles. The molecule has 51 heavy (non-hydrogen) atoms. The minimum absolute atomic E-state index is 0.0334. The molecule has 0 radical (unpaired) electrons. The number of rotatable bonds is 4. The molecule has 8 aromatic carbocycles. The molecule has 0 spiro atoms. The lowest BCUT2D eigenvalue weighted by Gasteiger charge is -2.11. The minimum atomic E-state index is -0.832. The standard InChI is InChI=1S/C48H31N3/c1-3-14-33(15-4-1)49-42-22-10-8-19-38(42)41-31-35(27-29-46(41)49)51-43-23-11-7-18-37(43)40-30-32(26-28-45(40)51)36-21-13-25-47-48(36)39-20-9-12-24-44(39)50(47)34-16-5-2-6-17-34/h1-31H/i7D,8D,9D,10D,11D,12D,13D,18D,20D,21D,22D,23D,24D,25D,26D,27D,28D,29D,30D,31D. The van der Waals surface area contributed by atoms with Crippen molar-refractivity contribution in [2.75, 3.05) is 0 Å². The number of nitrogens with zero attached hydrogens (tertiary/aromatic N) is 3. The van der Waals surface area contributed by atoms with Crippen molar-refractivity contribution in [1.29, 1.82) is 0 Å². The summed E-state index contributed by atoms with van der Waals surface area (Å²) in [5.74, 6) is 0. The van der Waals surface area contributed by atoms with Gasteiger partial charge in [-0.2, -0.15) is 0 Å². The average Bonchev–Trinajstić information content (AvgIpc) is 4.03. The Balaban J connectivity index is 1.37. The Morgan fingerprint density at radius 1 is 0.333 bits per heavy atom. The van der Waals surface area contributed by atoms with Gasteiger partial charge in [0.25, 0.3) is 0 Å². The predicted molar refractivity (Wildman–Crippen MR) is 215 cm³/mol. The van der Waals surface area contributed by atoms with Gasteiger partial charge in [-0.25, -0.2) is 0 Å². The van der Waals surface area contributed by atoms with Gasteiger partial charge in [0, 0.05) is 49.4 Å². The first-order chi connectivity index (χ1) is 33.7. The molecule has 3 heterocycles. The maximum Gasteiger partial charge on any atom is 0.0652 e. The van der Waals surface area contributed by atoms with Gasteiger partial charge in [-0.3, -0.25) is 0 Å². The van der Waals surface area contributed by atoms with Crippen LogP contribution in [0, 0.1) is 0 Å². The number of hydrogen-bond acceptors (Lipinski definition) is 0. The molecule has 0 atom stereocenters. The number of aromatic nitrogens is 3. The van der Waals surface area contributed by atoms with E-state index in [2.05, 4.69) is 0 Å². The van der Waals surface area contributed by atoms with E-state index in [0.717, 1.165) is 4.57 Å². The van der Waals surface area contributed by atoms with Crippen LogP contribution in [-0.2, 0) is 0 Å². The van der Waals surface area contributed by atoms with Crippen LogP contribution in [0.3, 0.4) is 0 Å². The van der Waals surface area contributed by atoms with E-state index in [1.165, 1.54) is 15.2 Å². The third-order valence-corrected chi connectivity index (χ3v) is 9.10. The number of hydrogen-bond donors (Lipinski definition) is 0. The van der Waals surface area contributed by atoms with E-state index in [1.807, 2.05) is 0 Å². The monoisotopic (exact) mass is 669 g/mol. The van der Waals surface area contributed by atoms with E-state index in [9.17, 15) is 15.1 Å². The summed E-state index contributed by atoms with van der Waals surface area (Å²) in [6.07, 6.45) is 0. The lowest BCUT2D eigenvalue weighted by Crippen LogP contribution is -1.95. The van der Waals surface area contributed by atoms with Gasteiger partial charge in [-0.15, -0.1) is 0 Å². The van der Waals surface area contributed by atoms with Crippen LogP contribution in [0.25, 0.3) is 93.6 Å². The second-order valence-electron chi connectivity index (χ2n) is 11.8. The molecular weight excluding hydrogens is 619 g/mol. The Bertz CT molecular complexity index is 4270. The summed E-state index contributed by atoms with van der Waals surface area (Å²) in [5.41, 5.74) is -2.14. The summed E-state index contributed by atoms with van der Waals surface area (Å²) in [4.78, 5) is 0. The molecule has 3 aromatic heterocycles. The van der Waals surface area contributed by atoms with Crippen LogP contribution in [0.2, 0.25) is 0 Å². The summed E-state index contributed by atoms with van der Waals surface area (Å²) < 4.78 is 188. The molecule has 0 saturated carbocycles. The van der Waals surface area contributed by atoms with Gasteiger partial charge in [0.05, 0.1) is 60.5 Å². The molecular formula is C48H31N3. The molecule has 11 aromatic rings. The summed E-state index contributed by atoms with van der Waals surface area (Å²) in [6.45, 7) is 0. The SMILES string of the molecule is [2H]c1cc2c3c([2H])c(-n4c5c([2H])c([2H])c([2H])c([2H])c5c5c([2H])c(-c6c([2H])c([2H])c([2H])c7c6c6c([2H])c([2H])c([2H])c([2H])c6n7-c6ccccc6)c([2H])c([2H])c54)c([2H])c([2H])c3n(-c3ccccc3)c2c([2H])c1[2H]. The Morgan fingerprint density at radius 3 is 1.61 bits per heavy atom. The molecule has 0 aliphatic rings. The van der Waals surface area contributed by atoms with E-state index >= 15 is 0 Å². The van der Waals surface area contributed by atoms with Crippen molar-refractivity contribution in [2.45, 2.75) is 0 Å². The summed E-state index contributed by atoms with van der Waals surface area (Å²) in [7, 11) is 0. The van der Waals surface area contributed by atoms with Crippen molar-refractivity contribution in [1.82, 2.24) is 13.7 Å². The molecule has 0 fully saturated rings. The highest BCUT2D eigenvalue weighted by atomic mass is 15.0. The highest BCUT2D eigenvalue weighted by Gasteiger charge is 2.19. The van der Waals surface area contributed by atoms with Gasteiger partial charge in [0.15, 0.2) is 0 Å². The fourth-order valence-electron chi connectivity index (χ4n) is 6.98. The van der Waals surface area contributed by atoms with E-state index in [-0.39, 0.29) is 49.7 Å². The lowest BCUT2D eigenvalue weighted by atomic mass is 9.98. The highest BCUT2D eigenvalue weighted by molar-refractivity contribution is 6.17. The van der Waals surface area contributed by atoms with Crippen molar-refractivity contribution in [3.8, 4) is 28.2 Å². The molecule has 238 valence electrons. The van der Waals surface area contributed by atoms with Crippen LogP contribution in [-0.4, -0.2) is 13.7 Å². The number of benzene rings is 8. The third kappa shape index (κ3) is 4.06. The maximum absolute atomic E-state index is 10.1. The zero-order chi connectivity index (χ0) is 50.9. The third-order valence-electron chi connectivity index (χ3n) is 9.10. The largest absolute Gasteiger partial charge is 0.309 e. The molecule has 11 rings (SSSR count). The maximum atomic E-state index is 10.1. The number of para-hydroxylation sites is 5. The first-order valence-corrected chi connectivity index (χ1v) is 15.9. The van der Waals surface area contributed by atoms with E-state index < -0.39 is 153 Å². The zero-order valence-electron chi connectivity index (χ0n) is 46.2. The topological polar surface area (TPSA) is 14.8 Å². The lowest BCUT2D eigenvalue weighted by molar-refractivity contribution is 1.17. The van der Waals surface area contributed by atoms with E-state index in [0.29, 0.717) is 11.4 Å². The van der Waals surface area contributed by atoms with Crippen LogP contribution >= 0.6 is 0 Å². The first-order valence-electron chi connectivity index (χ1n) is 25.9. The second-order valence-corrected chi connectivity index (χ2v) is 11.8. The molecule has 3 nitrogen and oxygen atoms in total. The van der Waals surface area contributed by atoms with Crippen LogP contribution in [0.15, 0.2) is 188 Å². The second kappa shape index (κ2) is 10.8. The van der Waals surface area contributed by atoms with Crippen LogP contribution in [0.1, 0.15) is 27.4 Å². The van der Waals surface area contributed by atoms with Gasteiger partial charge >= 0.3 is 0 Å². The van der Waals surface area contributed by atoms with Gasteiger partial charge in [-0.05, 0) is 89.8 Å². The van der Waals surface area contributed by atoms with Crippen LogP contribution < -0.4 is 0 Å². The van der Waals surface area contributed by atoms with Gasteiger partial charge < -0.3 is 13.7 Å². The molecule has 0 amide bonds. The fourth-order valence-corrected chi connectivity index (χ4v) is 6.98. The minimum Gasteiger partial charge on any atom is -0.309 e.